The van der Waals surface area contributed by atoms with Gasteiger partial charge in [-0.3, -0.25) is 0 Å². The molecule has 0 aromatic rings. The second-order valence-corrected chi connectivity index (χ2v) is 3.81. The van der Waals surface area contributed by atoms with E-state index in [0.717, 1.165) is 6.54 Å². The zero-order valence-corrected chi connectivity index (χ0v) is 6.93. The van der Waals surface area contributed by atoms with E-state index in [2.05, 4.69) is 18.9 Å². The fraction of sp³-hybridized carbons (Fsp3) is 1.00. The lowest BCUT2D eigenvalue weighted by Crippen LogP contribution is -2.41. The number of piperidine rings is 1. The predicted molar refractivity (Wildman–Crippen MR) is 41.9 cm³/mol. The molecule has 0 aromatic carbocycles. The molecule has 0 aliphatic carbocycles. The highest BCUT2D eigenvalue weighted by Crippen LogP contribution is 2.27. The Morgan fingerprint density at radius 3 is 2.70 bits per heavy atom. The van der Waals surface area contributed by atoms with Crippen LogP contribution in [0.15, 0.2) is 0 Å². The van der Waals surface area contributed by atoms with Crippen molar-refractivity contribution >= 4 is 0 Å². The van der Waals surface area contributed by atoms with Gasteiger partial charge in [-0.15, -0.1) is 0 Å². The third-order valence-corrected chi connectivity index (χ3v) is 2.35. The SMILES string of the molecule is CN1CCC[C@](C)(CO)C1. The van der Waals surface area contributed by atoms with Gasteiger partial charge in [0.25, 0.3) is 0 Å². The molecule has 1 fully saturated rings. The molecule has 0 spiro atoms. The number of aliphatic hydroxyl groups excluding tert-OH is 1. The summed E-state index contributed by atoms with van der Waals surface area (Å²) in [7, 11) is 2.12. The minimum absolute atomic E-state index is 0.174. The van der Waals surface area contributed by atoms with E-state index in [9.17, 15) is 0 Å². The standard InChI is InChI=1S/C8H17NO/c1-8(7-10)4-3-5-9(2)6-8/h10H,3-7H2,1-2H3/t8-/m0/s1. The molecule has 1 heterocycles. The number of rotatable bonds is 1. The number of aliphatic hydroxyl groups is 1. The van der Waals surface area contributed by atoms with E-state index in [1.165, 1.54) is 19.4 Å². The maximum atomic E-state index is 9.04. The summed E-state index contributed by atoms with van der Waals surface area (Å²) in [6, 6.07) is 0. The lowest BCUT2D eigenvalue weighted by atomic mass is 9.83. The first kappa shape index (κ1) is 8.02. The Kier molecular flexibility index (Phi) is 2.32. The molecule has 0 unspecified atom stereocenters. The second kappa shape index (κ2) is 2.89. The molecule has 1 atom stereocenters. The summed E-state index contributed by atoms with van der Waals surface area (Å²) in [5, 5.41) is 9.04. The summed E-state index contributed by atoms with van der Waals surface area (Å²) in [4.78, 5) is 2.29. The Hall–Kier alpha value is -0.0800. The van der Waals surface area contributed by atoms with E-state index in [1.54, 1.807) is 0 Å². The van der Waals surface area contributed by atoms with Gasteiger partial charge >= 0.3 is 0 Å². The molecule has 1 saturated heterocycles. The molecule has 0 saturated carbocycles. The molecule has 60 valence electrons. The lowest BCUT2D eigenvalue weighted by molar-refractivity contribution is 0.0592. The van der Waals surface area contributed by atoms with Gasteiger partial charge < -0.3 is 10.0 Å². The highest BCUT2D eigenvalue weighted by atomic mass is 16.3. The van der Waals surface area contributed by atoms with Crippen LogP contribution in [0, 0.1) is 5.41 Å². The molecular formula is C8H17NO. The summed E-state index contributed by atoms with van der Waals surface area (Å²) < 4.78 is 0. The molecule has 1 rings (SSSR count). The highest BCUT2D eigenvalue weighted by Gasteiger charge is 2.28. The van der Waals surface area contributed by atoms with Gasteiger partial charge in [0.05, 0.1) is 0 Å². The molecule has 10 heavy (non-hydrogen) atoms. The van der Waals surface area contributed by atoms with Crippen LogP contribution in [0.3, 0.4) is 0 Å². The minimum atomic E-state index is 0.174. The van der Waals surface area contributed by atoms with Gasteiger partial charge in [0, 0.05) is 18.6 Å². The Morgan fingerprint density at radius 2 is 2.30 bits per heavy atom. The largest absolute Gasteiger partial charge is 0.396 e. The number of nitrogens with zero attached hydrogens (tertiary/aromatic N) is 1. The molecule has 0 amide bonds. The van der Waals surface area contributed by atoms with Crippen molar-refractivity contribution in [2.24, 2.45) is 5.41 Å². The van der Waals surface area contributed by atoms with E-state index < -0.39 is 0 Å². The first-order chi connectivity index (χ1) is 4.66. The molecule has 1 N–H and O–H groups in total. The summed E-state index contributed by atoms with van der Waals surface area (Å²) in [6.45, 7) is 4.72. The summed E-state index contributed by atoms with van der Waals surface area (Å²) in [6.07, 6.45) is 2.40. The van der Waals surface area contributed by atoms with Gasteiger partial charge in [0.15, 0.2) is 0 Å². The second-order valence-electron chi connectivity index (χ2n) is 3.81. The van der Waals surface area contributed by atoms with Crippen LogP contribution < -0.4 is 0 Å². The van der Waals surface area contributed by atoms with E-state index >= 15 is 0 Å². The normalized spacial score (nSPS) is 36.3. The lowest BCUT2D eigenvalue weighted by Gasteiger charge is -2.37. The van der Waals surface area contributed by atoms with Crippen LogP contribution in [0.5, 0.6) is 0 Å². The van der Waals surface area contributed by atoms with Gasteiger partial charge in [-0.2, -0.15) is 0 Å². The minimum Gasteiger partial charge on any atom is -0.396 e. The summed E-state index contributed by atoms with van der Waals surface area (Å²) in [5.41, 5.74) is 0.174. The third-order valence-electron chi connectivity index (χ3n) is 2.35. The van der Waals surface area contributed by atoms with Crippen molar-refractivity contribution < 1.29 is 5.11 Å². The Morgan fingerprint density at radius 1 is 1.60 bits per heavy atom. The molecule has 0 radical (unpaired) electrons. The maximum absolute atomic E-state index is 9.04. The van der Waals surface area contributed by atoms with E-state index in [1.807, 2.05) is 0 Å². The van der Waals surface area contributed by atoms with Crippen molar-refractivity contribution in [3.63, 3.8) is 0 Å². The van der Waals surface area contributed by atoms with Crippen LogP contribution in [0.25, 0.3) is 0 Å². The van der Waals surface area contributed by atoms with Gasteiger partial charge in [-0.1, -0.05) is 6.92 Å². The zero-order valence-electron chi connectivity index (χ0n) is 6.93. The van der Waals surface area contributed by atoms with Crippen LogP contribution in [-0.2, 0) is 0 Å². The van der Waals surface area contributed by atoms with Crippen molar-refractivity contribution in [3.05, 3.63) is 0 Å². The van der Waals surface area contributed by atoms with E-state index in [4.69, 9.17) is 5.11 Å². The Balaban J connectivity index is 2.45. The Bertz CT molecular complexity index is 116. The first-order valence-corrected chi connectivity index (χ1v) is 3.96. The van der Waals surface area contributed by atoms with Crippen LogP contribution in [0.2, 0.25) is 0 Å². The topological polar surface area (TPSA) is 23.5 Å². The first-order valence-electron chi connectivity index (χ1n) is 3.96. The van der Waals surface area contributed by atoms with Crippen LogP contribution >= 0.6 is 0 Å². The maximum Gasteiger partial charge on any atom is 0.0497 e. The van der Waals surface area contributed by atoms with Crippen molar-refractivity contribution in [2.45, 2.75) is 19.8 Å². The van der Waals surface area contributed by atoms with Crippen molar-refractivity contribution in [1.29, 1.82) is 0 Å². The van der Waals surface area contributed by atoms with Crippen molar-refractivity contribution in [3.8, 4) is 0 Å². The fourth-order valence-electron chi connectivity index (χ4n) is 1.71. The average molecular weight is 143 g/mol. The molecule has 1 aliphatic heterocycles. The Labute approximate surface area is 62.8 Å². The smallest absolute Gasteiger partial charge is 0.0497 e. The van der Waals surface area contributed by atoms with Gasteiger partial charge in [0.2, 0.25) is 0 Å². The monoisotopic (exact) mass is 143 g/mol. The fourth-order valence-corrected chi connectivity index (χ4v) is 1.71. The summed E-state index contributed by atoms with van der Waals surface area (Å²) in [5.74, 6) is 0. The molecule has 1 aliphatic rings. The van der Waals surface area contributed by atoms with E-state index in [0.29, 0.717) is 6.61 Å². The number of hydrogen-bond acceptors (Lipinski definition) is 2. The average Bonchev–Trinajstić information content (AvgIpc) is 1.88. The van der Waals surface area contributed by atoms with Crippen LogP contribution in [0.1, 0.15) is 19.8 Å². The van der Waals surface area contributed by atoms with Gasteiger partial charge in [-0.05, 0) is 26.4 Å². The van der Waals surface area contributed by atoms with Gasteiger partial charge in [0.1, 0.15) is 0 Å². The number of hydrogen-bond donors (Lipinski definition) is 1. The molecule has 0 aromatic heterocycles. The molecular weight excluding hydrogens is 126 g/mol. The quantitative estimate of drug-likeness (QED) is 0.584. The zero-order chi connectivity index (χ0) is 7.61. The highest BCUT2D eigenvalue weighted by molar-refractivity contribution is 4.81. The van der Waals surface area contributed by atoms with Crippen LogP contribution in [-0.4, -0.2) is 36.8 Å². The molecule has 2 nitrogen and oxygen atoms in total. The van der Waals surface area contributed by atoms with Gasteiger partial charge in [-0.25, -0.2) is 0 Å². The predicted octanol–water partition coefficient (Wildman–Crippen LogP) is 0.711. The molecule has 0 bridgehead atoms. The number of likely N-dealkylation sites (tertiary alicyclic amines) is 1. The van der Waals surface area contributed by atoms with Crippen molar-refractivity contribution in [1.82, 2.24) is 4.90 Å². The van der Waals surface area contributed by atoms with E-state index in [-0.39, 0.29) is 5.41 Å². The summed E-state index contributed by atoms with van der Waals surface area (Å²) >= 11 is 0. The third kappa shape index (κ3) is 1.70. The van der Waals surface area contributed by atoms with Crippen molar-refractivity contribution in [2.75, 3.05) is 26.7 Å². The van der Waals surface area contributed by atoms with Crippen LogP contribution in [0.4, 0.5) is 0 Å². The molecule has 2 heteroatoms.